The summed E-state index contributed by atoms with van der Waals surface area (Å²) in [6.07, 6.45) is -11.6. The van der Waals surface area contributed by atoms with Gasteiger partial charge in [0.2, 0.25) is 5.91 Å². The van der Waals surface area contributed by atoms with Crippen LogP contribution in [-0.2, 0) is 14.9 Å². The van der Waals surface area contributed by atoms with Crippen molar-refractivity contribution >= 4 is 12.0 Å². The fourth-order valence-corrected chi connectivity index (χ4v) is 5.19. The maximum atomic E-state index is 13.7. The van der Waals surface area contributed by atoms with E-state index in [0.29, 0.717) is 43.8 Å². The summed E-state index contributed by atoms with van der Waals surface area (Å²) < 4.78 is 86.1. The molecular formula is C23H28F6N4O4. The van der Waals surface area contributed by atoms with Gasteiger partial charge in [0.05, 0.1) is 18.5 Å². The molecule has 1 spiro atoms. The topological polar surface area (TPSA) is 84.9 Å². The molecule has 0 unspecified atom stereocenters. The van der Waals surface area contributed by atoms with Crippen molar-refractivity contribution in [3.63, 3.8) is 0 Å². The Labute approximate surface area is 209 Å². The molecule has 3 heterocycles. The van der Waals surface area contributed by atoms with Gasteiger partial charge < -0.3 is 19.3 Å². The Balaban J connectivity index is 1.42. The van der Waals surface area contributed by atoms with E-state index in [2.05, 4.69) is 14.7 Å². The van der Waals surface area contributed by atoms with Crippen LogP contribution in [0, 0.1) is 0 Å². The number of carbonyl (C=O) groups is 2. The second kappa shape index (κ2) is 9.50. The van der Waals surface area contributed by atoms with Gasteiger partial charge in [-0.3, -0.25) is 4.79 Å². The smallest absolute Gasteiger partial charge is 0.434 e. The second-order valence-corrected chi connectivity index (χ2v) is 10.1. The zero-order valence-electron chi connectivity index (χ0n) is 20.4. The van der Waals surface area contributed by atoms with Crippen LogP contribution in [0.15, 0.2) is 12.4 Å². The molecule has 0 bridgehead atoms. The van der Waals surface area contributed by atoms with Gasteiger partial charge in [0.25, 0.3) is 6.10 Å². The van der Waals surface area contributed by atoms with Crippen molar-refractivity contribution in [1.82, 2.24) is 19.8 Å². The van der Waals surface area contributed by atoms with Crippen LogP contribution >= 0.6 is 0 Å². The van der Waals surface area contributed by atoms with Crippen LogP contribution in [0.5, 0.6) is 5.75 Å². The minimum Gasteiger partial charge on any atom is -0.488 e. The number of rotatable bonds is 5. The summed E-state index contributed by atoms with van der Waals surface area (Å²) in [7, 11) is 0. The van der Waals surface area contributed by atoms with E-state index in [1.165, 1.54) is 12.4 Å². The molecule has 8 nitrogen and oxygen atoms in total. The minimum absolute atomic E-state index is 0.0635. The largest absolute Gasteiger partial charge is 0.488 e. The third kappa shape index (κ3) is 5.42. The third-order valence-electron chi connectivity index (χ3n) is 7.19. The lowest BCUT2D eigenvalue weighted by molar-refractivity contribution is -0.308. The molecule has 0 atom stereocenters. The van der Waals surface area contributed by atoms with Crippen LogP contribution in [0.4, 0.5) is 31.1 Å². The molecule has 0 radical (unpaired) electrons. The standard InChI is InChI=1S/C23H28F6N4O4/c1-14(2)36-15-12-30-17(31-13-15)21(5-6-21)18(34)33-9-3-4-20(33)7-10-32(11-8-20)19(35)37-16(22(24,25)26)23(27,28)29/h12-14,16H,3-11H2,1-2H3. The van der Waals surface area contributed by atoms with E-state index in [-0.39, 0.29) is 37.9 Å². The van der Waals surface area contributed by atoms with Gasteiger partial charge in [-0.2, -0.15) is 26.3 Å². The highest BCUT2D eigenvalue weighted by molar-refractivity contribution is 5.91. The maximum absolute atomic E-state index is 13.7. The summed E-state index contributed by atoms with van der Waals surface area (Å²) in [5.41, 5.74) is -1.51. The molecule has 206 valence electrons. The number of alkyl halides is 6. The van der Waals surface area contributed by atoms with Crippen LogP contribution in [-0.4, -0.2) is 81.5 Å². The maximum Gasteiger partial charge on any atom is 0.434 e. The lowest BCUT2D eigenvalue weighted by Gasteiger charge is -2.45. The van der Waals surface area contributed by atoms with Crippen LogP contribution in [0.3, 0.4) is 0 Å². The normalized spacial score (nSPS) is 21.0. The van der Waals surface area contributed by atoms with E-state index in [4.69, 9.17) is 4.74 Å². The van der Waals surface area contributed by atoms with Gasteiger partial charge in [0.15, 0.2) is 5.75 Å². The number of amides is 2. The highest BCUT2D eigenvalue weighted by atomic mass is 19.4. The fourth-order valence-electron chi connectivity index (χ4n) is 5.19. The Morgan fingerprint density at radius 1 is 0.919 bits per heavy atom. The Morgan fingerprint density at radius 3 is 1.97 bits per heavy atom. The van der Waals surface area contributed by atoms with Gasteiger partial charge in [0.1, 0.15) is 11.2 Å². The Hall–Kier alpha value is -2.80. The second-order valence-electron chi connectivity index (χ2n) is 10.1. The van der Waals surface area contributed by atoms with Crippen LogP contribution in [0.1, 0.15) is 58.2 Å². The van der Waals surface area contributed by atoms with Gasteiger partial charge >= 0.3 is 18.4 Å². The molecule has 2 aliphatic heterocycles. The molecule has 0 aromatic carbocycles. The first-order valence-corrected chi connectivity index (χ1v) is 12.1. The van der Waals surface area contributed by atoms with Crippen molar-refractivity contribution < 1.29 is 45.4 Å². The number of halogens is 6. The molecule has 1 aromatic heterocycles. The molecule has 2 saturated heterocycles. The van der Waals surface area contributed by atoms with Gasteiger partial charge in [0, 0.05) is 25.2 Å². The van der Waals surface area contributed by atoms with Gasteiger partial charge in [-0.15, -0.1) is 0 Å². The predicted molar refractivity (Wildman–Crippen MR) is 116 cm³/mol. The fraction of sp³-hybridized carbons (Fsp3) is 0.739. The number of piperidine rings is 1. The zero-order chi connectivity index (χ0) is 27.2. The molecule has 37 heavy (non-hydrogen) atoms. The molecule has 1 saturated carbocycles. The number of likely N-dealkylation sites (tertiary alicyclic amines) is 2. The van der Waals surface area contributed by atoms with E-state index in [0.717, 1.165) is 4.90 Å². The lowest BCUT2D eigenvalue weighted by atomic mass is 9.84. The Kier molecular flexibility index (Phi) is 6.99. The van der Waals surface area contributed by atoms with Crippen molar-refractivity contribution in [3.8, 4) is 5.75 Å². The minimum atomic E-state index is -5.78. The van der Waals surface area contributed by atoms with E-state index in [1.807, 2.05) is 13.8 Å². The van der Waals surface area contributed by atoms with Crippen molar-refractivity contribution in [3.05, 3.63) is 18.2 Å². The Morgan fingerprint density at radius 2 is 1.49 bits per heavy atom. The molecule has 3 aliphatic rings. The van der Waals surface area contributed by atoms with Crippen molar-refractivity contribution in [1.29, 1.82) is 0 Å². The first kappa shape index (κ1) is 27.2. The van der Waals surface area contributed by atoms with Crippen LogP contribution in [0.25, 0.3) is 0 Å². The highest BCUT2D eigenvalue weighted by Gasteiger charge is 2.61. The van der Waals surface area contributed by atoms with E-state index in [1.54, 1.807) is 4.90 Å². The molecule has 4 rings (SSSR count). The molecule has 0 N–H and O–H groups in total. The molecular weight excluding hydrogens is 510 g/mol. The lowest BCUT2D eigenvalue weighted by Crippen LogP contribution is -2.57. The number of carbonyl (C=O) groups excluding carboxylic acids is 2. The number of nitrogens with zero attached hydrogens (tertiary/aromatic N) is 4. The van der Waals surface area contributed by atoms with E-state index < -0.39 is 35.5 Å². The average molecular weight is 538 g/mol. The first-order chi connectivity index (χ1) is 17.2. The summed E-state index contributed by atoms with van der Waals surface area (Å²) in [5, 5.41) is 0. The van der Waals surface area contributed by atoms with E-state index in [9.17, 15) is 35.9 Å². The zero-order valence-corrected chi connectivity index (χ0v) is 20.4. The summed E-state index contributed by atoms with van der Waals surface area (Å²) in [5.74, 6) is 0.729. The molecule has 1 aliphatic carbocycles. The van der Waals surface area contributed by atoms with Gasteiger partial charge in [-0.25, -0.2) is 14.8 Å². The van der Waals surface area contributed by atoms with E-state index >= 15 is 0 Å². The van der Waals surface area contributed by atoms with Crippen LogP contribution in [0.2, 0.25) is 0 Å². The summed E-state index contributed by atoms with van der Waals surface area (Å²) in [6.45, 7) is 3.93. The Bertz CT molecular complexity index is 988. The quantitative estimate of drug-likeness (QED) is 0.518. The molecule has 3 fully saturated rings. The van der Waals surface area contributed by atoms with Crippen LogP contribution < -0.4 is 4.74 Å². The third-order valence-corrected chi connectivity index (χ3v) is 7.19. The monoisotopic (exact) mass is 538 g/mol. The summed E-state index contributed by atoms with van der Waals surface area (Å²) >= 11 is 0. The van der Waals surface area contributed by atoms with Crippen molar-refractivity contribution in [2.75, 3.05) is 19.6 Å². The van der Waals surface area contributed by atoms with Gasteiger partial charge in [-0.1, -0.05) is 0 Å². The summed E-state index contributed by atoms with van der Waals surface area (Å²) in [6, 6.07) is 0. The van der Waals surface area contributed by atoms with Gasteiger partial charge in [-0.05, 0) is 52.4 Å². The number of hydrogen-bond donors (Lipinski definition) is 0. The molecule has 1 aromatic rings. The van der Waals surface area contributed by atoms with Crippen molar-refractivity contribution in [2.45, 2.75) is 87.9 Å². The summed E-state index contributed by atoms with van der Waals surface area (Å²) in [4.78, 5) is 37.2. The first-order valence-electron chi connectivity index (χ1n) is 12.1. The predicted octanol–water partition coefficient (Wildman–Crippen LogP) is 4.38. The highest BCUT2D eigenvalue weighted by Crippen LogP contribution is 2.51. The SMILES string of the molecule is CC(C)Oc1cnc(C2(C(=O)N3CCCC34CCN(C(=O)OC(C(F)(F)F)C(F)(F)F)CC4)CC2)nc1. The number of hydrogen-bond acceptors (Lipinski definition) is 6. The number of aromatic nitrogens is 2. The molecule has 14 heteroatoms. The number of ether oxygens (including phenoxy) is 2. The average Bonchev–Trinajstić information content (AvgIpc) is 3.52. The van der Waals surface area contributed by atoms with Crippen molar-refractivity contribution in [2.24, 2.45) is 0 Å². The molecule has 2 amide bonds.